The Balaban J connectivity index is 1.78. The number of hydrogen-bond donors (Lipinski definition) is 4. The number of phenolic OH excluding ortho intramolecular Hbond substituents is 2. The van der Waals surface area contributed by atoms with Gasteiger partial charge in [-0.15, -0.1) is 0 Å². The lowest BCUT2D eigenvalue weighted by Gasteiger charge is -2.34. The van der Waals surface area contributed by atoms with E-state index in [9.17, 15) is 20.3 Å². The maximum Gasteiger partial charge on any atom is 0.251 e. The van der Waals surface area contributed by atoms with Gasteiger partial charge in [0.1, 0.15) is 23.7 Å². The first-order chi connectivity index (χ1) is 17.2. The first-order valence-corrected chi connectivity index (χ1v) is 12.3. The monoisotopic (exact) mass is 513 g/mol. The van der Waals surface area contributed by atoms with Crippen LogP contribution in [-0.2, 0) is 9.53 Å². The highest BCUT2D eigenvalue weighted by atomic mass is 32.2. The van der Waals surface area contributed by atoms with Crippen LogP contribution in [0.2, 0.25) is 0 Å². The molecule has 2 heterocycles. The Morgan fingerprint density at radius 2 is 2.06 bits per heavy atom. The first kappa shape index (κ1) is 26.9. The van der Waals surface area contributed by atoms with Gasteiger partial charge in [-0.2, -0.15) is 5.26 Å². The molecule has 1 amide bonds. The zero-order valence-corrected chi connectivity index (χ0v) is 21.2. The predicted molar refractivity (Wildman–Crippen MR) is 138 cm³/mol. The number of aliphatic imine (C=N–C) groups is 2. The molecule has 3 rings (SSSR count). The molecule has 36 heavy (non-hydrogen) atoms. The molecule has 2 aliphatic heterocycles. The molecule has 0 radical (unpaired) electrons. The number of nitriles is 1. The average Bonchev–Trinajstić information content (AvgIpc) is 3.21. The van der Waals surface area contributed by atoms with Crippen LogP contribution >= 0.6 is 11.8 Å². The van der Waals surface area contributed by atoms with E-state index in [1.54, 1.807) is 6.92 Å². The summed E-state index contributed by atoms with van der Waals surface area (Å²) >= 11 is 1.14. The number of phenols is 2. The van der Waals surface area contributed by atoms with Crippen LogP contribution in [0.4, 0.5) is 0 Å². The van der Waals surface area contributed by atoms with E-state index >= 15 is 0 Å². The minimum absolute atomic E-state index is 0.000336. The van der Waals surface area contributed by atoms with Crippen molar-refractivity contribution in [3.8, 4) is 17.6 Å². The van der Waals surface area contributed by atoms with Gasteiger partial charge < -0.3 is 36.2 Å². The summed E-state index contributed by atoms with van der Waals surface area (Å²) in [5.74, 6) is 0.0744. The van der Waals surface area contributed by atoms with Crippen LogP contribution in [0.25, 0.3) is 0 Å². The smallest absolute Gasteiger partial charge is 0.251 e. The first-order valence-electron chi connectivity index (χ1n) is 11.5. The number of thioether (sulfide) groups is 1. The predicted octanol–water partition coefficient (Wildman–Crippen LogP) is 2.03. The third-order valence-electron chi connectivity index (χ3n) is 6.18. The van der Waals surface area contributed by atoms with Crippen molar-refractivity contribution in [3.63, 3.8) is 0 Å². The molecular formula is C24H31N7O4S. The molecule has 1 aromatic rings. The van der Waals surface area contributed by atoms with Gasteiger partial charge in [0.2, 0.25) is 0 Å². The van der Waals surface area contributed by atoms with Crippen LogP contribution in [0, 0.1) is 17.2 Å². The quantitative estimate of drug-likeness (QED) is 0.398. The molecule has 1 fully saturated rings. The molecule has 0 aliphatic carbocycles. The molecule has 0 unspecified atom stereocenters. The van der Waals surface area contributed by atoms with Crippen molar-refractivity contribution in [2.75, 3.05) is 26.7 Å². The number of likely N-dealkylation sites (tertiary alicyclic amines) is 1. The number of amidine groups is 2. The van der Waals surface area contributed by atoms with Crippen LogP contribution in [-0.4, -0.2) is 69.8 Å². The second kappa shape index (κ2) is 11.8. The standard InChI is InChI=1S/C24H31N7O4S/c1-4-28-22-20(21(26)27)29-24(36-19-12-18(33)17(32)11-16(19)13-25)31(22)10-7-15-5-8-30(9-6-15)23(34)14(2)35-3/h4,11-12,14-15,32-33H,1,5-10,26-27H2,2-3H3/b28-22+/t14-/m1/s1. The number of piperidine rings is 1. The highest BCUT2D eigenvalue weighted by Gasteiger charge is 2.33. The molecule has 2 aliphatic rings. The molecule has 0 spiro atoms. The summed E-state index contributed by atoms with van der Waals surface area (Å²) in [5, 5.41) is 29.7. The van der Waals surface area contributed by atoms with Crippen molar-refractivity contribution in [1.29, 1.82) is 5.26 Å². The molecule has 1 aromatic carbocycles. The summed E-state index contributed by atoms with van der Waals surface area (Å²) < 4.78 is 5.15. The molecule has 192 valence electrons. The lowest BCUT2D eigenvalue weighted by Crippen LogP contribution is -2.44. The van der Waals surface area contributed by atoms with Crippen molar-refractivity contribution >= 4 is 28.7 Å². The van der Waals surface area contributed by atoms with Gasteiger partial charge >= 0.3 is 0 Å². The molecule has 0 saturated carbocycles. The summed E-state index contributed by atoms with van der Waals surface area (Å²) in [6, 6.07) is 4.53. The van der Waals surface area contributed by atoms with Crippen LogP contribution in [0.15, 0.2) is 51.3 Å². The Morgan fingerprint density at radius 3 is 2.64 bits per heavy atom. The molecule has 1 saturated heterocycles. The van der Waals surface area contributed by atoms with Gasteiger partial charge in [-0.3, -0.25) is 4.79 Å². The van der Waals surface area contributed by atoms with Gasteiger partial charge in [-0.1, -0.05) is 18.3 Å². The number of aromatic hydroxyl groups is 2. The zero-order valence-electron chi connectivity index (χ0n) is 20.3. The maximum atomic E-state index is 12.4. The second-order valence-corrected chi connectivity index (χ2v) is 9.48. The number of rotatable bonds is 7. The highest BCUT2D eigenvalue weighted by molar-refractivity contribution is 8.14. The Hall–Kier alpha value is -3.69. The largest absolute Gasteiger partial charge is 0.504 e. The van der Waals surface area contributed by atoms with Gasteiger partial charge in [-0.25, -0.2) is 9.98 Å². The highest BCUT2D eigenvalue weighted by Crippen LogP contribution is 2.37. The number of amides is 1. The van der Waals surface area contributed by atoms with E-state index in [2.05, 4.69) is 16.6 Å². The van der Waals surface area contributed by atoms with Crippen molar-refractivity contribution in [3.05, 3.63) is 42.0 Å². The number of carbonyl (C=O) groups excluding carboxylic acids is 1. The van der Waals surface area contributed by atoms with Gasteiger partial charge in [-0.05, 0) is 38.2 Å². The summed E-state index contributed by atoms with van der Waals surface area (Å²) in [5.41, 5.74) is 12.2. The third-order valence-corrected chi connectivity index (χ3v) is 7.23. The normalized spacial score (nSPS) is 18.2. The molecule has 12 heteroatoms. The number of nitrogens with zero attached hydrogens (tertiary/aromatic N) is 5. The average molecular weight is 514 g/mol. The van der Waals surface area contributed by atoms with Gasteiger partial charge in [0.25, 0.3) is 5.91 Å². The van der Waals surface area contributed by atoms with Crippen molar-refractivity contribution < 1.29 is 19.7 Å². The Bertz CT molecular complexity index is 1150. The number of methoxy groups -OCH3 is 1. The van der Waals surface area contributed by atoms with E-state index in [1.807, 2.05) is 15.9 Å². The minimum atomic E-state index is -0.454. The molecule has 1 atom stereocenters. The van der Waals surface area contributed by atoms with Crippen LogP contribution < -0.4 is 11.5 Å². The van der Waals surface area contributed by atoms with Gasteiger partial charge in [0.15, 0.2) is 22.5 Å². The fourth-order valence-corrected chi connectivity index (χ4v) is 5.06. The zero-order chi connectivity index (χ0) is 26.4. The van der Waals surface area contributed by atoms with Crippen LogP contribution in [0.1, 0.15) is 31.7 Å². The van der Waals surface area contributed by atoms with Gasteiger partial charge in [0.05, 0.1) is 5.56 Å². The summed E-state index contributed by atoms with van der Waals surface area (Å²) in [6.07, 6.45) is 3.43. The number of hydrogen-bond acceptors (Lipinski definition) is 10. The van der Waals surface area contributed by atoms with Crippen LogP contribution in [0.3, 0.4) is 0 Å². The van der Waals surface area contributed by atoms with E-state index in [1.165, 1.54) is 25.4 Å². The van der Waals surface area contributed by atoms with E-state index in [0.717, 1.165) is 31.0 Å². The topological polar surface area (TPSA) is 174 Å². The number of benzene rings is 1. The fourth-order valence-electron chi connectivity index (χ4n) is 4.05. The maximum absolute atomic E-state index is 12.4. The molecule has 11 nitrogen and oxygen atoms in total. The fraction of sp³-hybridized carbons (Fsp3) is 0.417. The number of ether oxygens (including phenoxy) is 1. The summed E-state index contributed by atoms with van der Waals surface area (Å²) in [4.78, 5) is 25.4. The summed E-state index contributed by atoms with van der Waals surface area (Å²) in [6.45, 7) is 7.30. The number of carbonyl (C=O) groups is 1. The summed E-state index contributed by atoms with van der Waals surface area (Å²) in [7, 11) is 1.53. The number of nitrogens with two attached hydrogens (primary N) is 2. The Labute approximate surface area is 214 Å². The second-order valence-electron chi connectivity index (χ2n) is 8.47. The van der Waals surface area contributed by atoms with Crippen LogP contribution in [0.5, 0.6) is 11.5 Å². The molecule has 0 aromatic heterocycles. The Morgan fingerprint density at radius 1 is 1.39 bits per heavy atom. The molecular weight excluding hydrogens is 482 g/mol. The van der Waals surface area contributed by atoms with Gasteiger partial charge in [0, 0.05) is 43.9 Å². The van der Waals surface area contributed by atoms with E-state index < -0.39 is 6.10 Å². The lowest BCUT2D eigenvalue weighted by molar-refractivity contribution is -0.142. The SMILES string of the molecule is C=C/N=C1\C(=C(N)N)N=C(Sc2cc(O)c(O)cc2C#N)N1CCC1CCN(C(=O)[C@@H](C)OC)CC1. The minimum Gasteiger partial charge on any atom is -0.504 e. The van der Waals surface area contributed by atoms with Crippen molar-refractivity contribution in [2.45, 2.75) is 37.2 Å². The van der Waals surface area contributed by atoms with E-state index in [4.69, 9.17) is 16.2 Å². The van der Waals surface area contributed by atoms with Crippen molar-refractivity contribution in [2.24, 2.45) is 27.4 Å². The van der Waals surface area contributed by atoms with E-state index in [0.29, 0.717) is 47.1 Å². The van der Waals surface area contributed by atoms with E-state index in [-0.39, 0.29) is 28.8 Å². The third kappa shape index (κ3) is 5.92. The lowest BCUT2D eigenvalue weighted by atomic mass is 9.93. The molecule has 0 bridgehead atoms. The Kier molecular flexibility index (Phi) is 8.84. The van der Waals surface area contributed by atoms with Crippen molar-refractivity contribution in [1.82, 2.24) is 9.80 Å². The molecule has 6 N–H and O–H groups in total.